The maximum atomic E-state index is 13.0. The average Bonchev–Trinajstić information content (AvgIpc) is 2.32. The van der Waals surface area contributed by atoms with Crippen molar-refractivity contribution in [1.82, 2.24) is 4.98 Å². The van der Waals surface area contributed by atoms with Gasteiger partial charge in [-0.15, -0.1) is 0 Å². The summed E-state index contributed by atoms with van der Waals surface area (Å²) >= 11 is 5.80. The molecule has 0 spiro atoms. The second kappa shape index (κ2) is 5.33. The number of nitrogens with two attached hydrogens (primary N) is 1. The van der Waals surface area contributed by atoms with E-state index in [1.165, 1.54) is 18.3 Å². The van der Waals surface area contributed by atoms with Crippen LogP contribution in [0, 0.1) is 5.82 Å². The van der Waals surface area contributed by atoms with Gasteiger partial charge < -0.3 is 10.8 Å². The lowest BCUT2D eigenvalue weighted by Crippen LogP contribution is -2.07. The van der Waals surface area contributed by atoms with E-state index in [-0.39, 0.29) is 18.1 Å². The van der Waals surface area contributed by atoms with Crippen LogP contribution in [0.2, 0.25) is 5.02 Å². The molecule has 2 aromatic rings. The molecule has 0 aliphatic carbocycles. The van der Waals surface area contributed by atoms with E-state index < -0.39 is 6.10 Å². The lowest BCUT2D eigenvalue weighted by Gasteiger charge is -2.13. The number of nitrogens with zero attached hydrogens (tertiary/aromatic N) is 1. The molecule has 0 saturated carbocycles. The summed E-state index contributed by atoms with van der Waals surface area (Å²) in [6.07, 6.45) is 0.803. The molecular formula is C13H12ClFN2O. The Hall–Kier alpha value is -1.65. The summed E-state index contributed by atoms with van der Waals surface area (Å²) in [5.74, 6) is -0.111. The highest BCUT2D eigenvalue weighted by atomic mass is 35.5. The molecule has 0 radical (unpaired) electrons. The van der Waals surface area contributed by atoms with E-state index >= 15 is 0 Å². The van der Waals surface area contributed by atoms with E-state index in [4.69, 9.17) is 17.3 Å². The second-order valence-corrected chi connectivity index (χ2v) is 4.41. The van der Waals surface area contributed by atoms with Gasteiger partial charge in [0.1, 0.15) is 11.6 Å². The lowest BCUT2D eigenvalue weighted by molar-refractivity contribution is 0.179. The fourth-order valence-electron chi connectivity index (χ4n) is 1.73. The molecule has 0 aliphatic heterocycles. The second-order valence-electron chi connectivity index (χ2n) is 3.98. The van der Waals surface area contributed by atoms with Crippen molar-refractivity contribution >= 4 is 17.4 Å². The third-order valence-electron chi connectivity index (χ3n) is 2.59. The van der Waals surface area contributed by atoms with Crippen LogP contribution >= 0.6 is 11.6 Å². The molecule has 1 aromatic heterocycles. The van der Waals surface area contributed by atoms with Crippen molar-refractivity contribution in [3.8, 4) is 0 Å². The van der Waals surface area contributed by atoms with Crippen LogP contribution in [0.25, 0.3) is 0 Å². The molecular weight excluding hydrogens is 255 g/mol. The lowest BCUT2D eigenvalue weighted by atomic mass is 10.0. The van der Waals surface area contributed by atoms with E-state index in [0.29, 0.717) is 16.1 Å². The Balaban J connectivity index is 2.21. The molecule has 0 aliphatic rings. The third kappa shape index (κ3) is 2.97. The molecule has 3 nitrogen and oxygen atoms in total. The summed E-state index contributed by atoms with van der Waals surface area (Å²) in [6.45, 7) is 0. The van der Waals surface area contributed by atoms with Gasteiger partial charge in [0.25, 0.3) is 0 Å². The summed E-state index contributed by atoms with van der Waals surface area (Å²) in [5.41, 5.74) is 6.80. The molecule has 1 unspecified atom stereocenters. The topological polar surface area (TPSA) is 59.1 Å². The minimum Gasteiger partial charge on any atom is -0.388 e. The fraction of sp³-hybridized carbons (Fsp3) is 0.154. The number of nitrogen functional groups attached to an aromatic ring is 1. The van der Waals surface area contributed by atoms with Crippen LogP contribution in [0.3, 0.4) is 0 Å². The molecule has 94 valence electrons. The summed E-state index contributed by atoms with van der Waals surface area (Å²) in [6, 6.07) is 7.62. The average molecular weight is 267 g/mol. The molecule has 1 heterocycles. The van der Waals surface area contributed by atoms with Gasteiger partial charge in [-0.3, -0.25) is 0 Å². The van der Waals surface area contributed by atoms with Crippen LogP contribution in [0.5, 0.6) is 0 Å². The molecule has 5 heteroatoms. The summed E-state index contributed by atoms with van der Waals surface area (Å²) in [7, 11) is 0. The molecule has 3 N–H and O–H groups in total. The fourth-order valence-corrected chi connectivity index (χ4v) is 1.90. The number of rotatable bonds is 3. The van der Waals surface area contributed by atoms with Crippen molar-refractivity contribution < 1.29 is 9.50 Å². The van der Waals surface area contributed by atoms with E-state index in [0.717, 1.165) is 0 Å². The summed E-state index contributed by atoms with van der Waals surface area (Å²) in [4.78, 5) is 3.87. The van der Waals surface area contributed by atoms with Crippen molar-refractivity contribution in [2.24, 2.45) is 0 Å². The largest absolute Gasteiger partial charge is 0.388 e. The number of benzene rings is 1. The molecule has 0 bridgehead atoms. The van der Waals surface area contributed by atoms with Crippen molar-refractivity contribution in [3.05, 3.63) is 58.5 Å². The summed E-state index contributed by atoms with van der Waals surface area (Å²) < 4.78 is 13.0. The first kappa shape index (κ1) is 12.8. The van der Waals surface area contributed by atoms with E-state index in [1.54, 1.807) is 18.2 Å². The van der Waals surface area contributed by atoms with Gasteiger partial charge >= 0.3 is 0 Å². The maximum absolute atomic E-state index is 13.0. The van der Waals surface area contributed by atoms with Crippen molar-refractivity contribution in [2.45, 2.75) is 12.5 Å². The minimum atomic E-state index is -0.863. The molecule has 1 aromatic carbocycles. The number of aromatic nitrogens is 1. The number of hydrogen-bond acceptors (Lipinski definition) is 3. The predicted octanol–water partition coefficient (Wildman–Crippen LogP) is 2.73. The summed E-state index contributed by atoms with van der Waals surface area (Å²) in [5, 5.41) is 10.5. The highest BCUT2D eigenvalue weighted by Crippen LogP contribution is 2.25. The zero-order chi connectivity index (χ0) is 13.1. The maximum Gasteiger partial charge on any atom is 0.129 e. The Morgan fingerprint density at radius 1 is 1.39 bits per heavy atom. The Bertz CT molecular complexity index is 562. The number of anilines is 1. The Kier molecular flexibility index (Phi) is 3.79. The zero-order valence-corrected chi connectivity index (χ0v) is 10.2. The minimum absolute atomic E-state index is 0.225. The van der Waals surface area contributed by atoms with Crippen LogP contribution in [0.4, 0.5) is 10.2 Å². The van der Waals surface area contributed by atoms with Gasteiger partial charge in [0.2, 0.25) is 0 Å². The number of aliphatic hydroxyl groups excluding tert-OH is 1. The number of aliphatic hydroxyl groups is 1. The molecule has 0 fully saturated rings. The zero-order valence-electron chi connectivity index (χ0n) is 9.48. The van der Waals surface area contributed by atoms with Gasteiger partial charge in [-0.2, -0.15) is 0 Å². The Labute approximate surface area is 109 Å². The quantitative estimate of drug-likeness (QED) is 0.898. The third-order valence-corrected chi connectivity index (χ3v) is 2.80. The first-order valence-electron chi connectivity index (χ1n) is 5.39. The molecule has 0 amide bonds. The van der Waals surface area contributed by atoms with Crippen molar-refractivity contribution in [3.63, 3.8) is 0 Å². The number of pyridine rings is 1. The van der Waals surface area contributed by atoms with Gasteiger partial charge in [-0.25, -0.2) is 9.37 Å². The van der Waals surface area contributed by atoms with Crippen LogP contribution in [-0.4, -0.2) is 10.1 Å². The van der Waals surface area contributed by atoms with Crippen LogP contribution < -0.4 is 5.73 Å². The number of hydrogen-bond donors (Lipinski definition) is 2. The van der Waals surface area contributed by atoms with Gasteiger partial charge in [0.05, 0.1) is 11.1 Å². The Morgan fingerprint density at radius 3 is 2.89 bits per heavy atom. The van der Waals surface area contributed by atoms with Crippen LogP contribution in [0.15, 0.2) is 36.5 Å². The highest BCUT2D eigenvalue weighted by Gasteiger charge is 2.13. The normalized spacial score (nSPS) is 12.4. The van der Waals surface area contributed by atoms with Gasteiger partial charge in [-0.1, -0.05) is 23.7 Å². The van der Waals surface area contributed by atoms with Crippen LogP contribution in [-0.2, 0) is 6.42 Å². The molecule has 18 heavy (non-hydrogen) atoms. The number of halogens is 2. The van der Waals surface area contributed by atoms with E-state index in [9.17, 15) is 9.50 Å². The molecule has 1 atom stereocenters. The first-order valence-corrected chi connectivity index (χ1v) is 5.77. The Morgan fingerprint density at radius 2 is 2.17 bits per heavy atom. The van der Waals surface area contributed by atoms with Crippen molar-refractivity contribution in [2.75, 3.05) is 5.73 Å². The van der Waals surface area contributed by atoms with Crippen LogP contribution in [0.1, 0.15) is 17.2 Å². The van der Waals surface area contributed by atoms with Gasteiger partial charge in [-0.05, 0) is 23.8 Å². The molecule has 2 rings (SSSR count). The smallest absolute Gasteiger partial charge is 0.129 e. The highest BCUT2D eigenvalue weighted by molar-refractivity contribution is 6.30. The SMILES string of the molecule is Nc1ncc(Cl)cc1C(O)Cc1cccc(F)c1. The van der Waals surface area contributed by atoms with E-state index in [2.05, 4.69) is 4.98 Å². The van der Waals surface area contributed by atoms with Crippen molar-refractivity contribution in [1.29, 1.82) is 0 Å². The monoisotopic (exact) mass is 266 g/mol. The standard InChI is InChI=1S/C13H12ClFN2O/c14-9-6-11(13(16)17-7-9)12(18)5-8-2-1-3-10(15)4-8/h1-4,6-7,12,18H,5H2,(H2,16,17). The predicted molar refractivity (Wildman–Crippen MR) is 68.7 cm³/mol. The molecule has 0 saturated heterocycles. The van der Waals surface area contributed by atoms with Gasteiger partial charge in [0.15, 0.2) is 0 Å². The first-order chi connectivity index (χ1) is 8.56. The van der Waals surface area contributed by atoms with E-state index in [1.807, 2.05) is 0 Å². The van der Waals surface area contributed by atoms with Gasteiger partial charge in [0, 0.05) is 18.2 Å².